The van der Waals surface area contributed by atoms with Crippen molar-refractivity contribution in [3.05, 3.63) is 0 Å². The van der Waals surface area contributed by atoms with E-state index in [2.05, 4.69) is 0 Å². The van der Waals surface area contributed by atoms with Gasteiger partial charge in [0.1, 0.15) is 5.60 Å². The van der Waals surface area contributed by atoms with Crippen molar-refractivity contribution in [2.24, 2.45) is 5.73 Å². The van der Waals surface area contributed by atoms with Gasteiger partial charge in [0.25, 0.3) is 6.43 Å². The Balaban J connectivity index is 2.56. The Hall–Kier alpha value is -0.950. The molecule has 106 valence electrons. The third-order valence-corrected chi connectivity index (χ3v) is 2.47. The third kappa shape index (κ3) is 4.38. The summed E-state index contributed by atoms with van der Waals surface area (Å²) in [6.45, 7) is 5.77. The van der Waals surface area contributed by atoms with Crippen LogP contribution in [0.25, 0.3) is 0 Å². The lowest BCUT2D eigenvalue weighted by Gasteiger charge is -2.36. The van der Waals surface area contributed by atoms with Crippen molar-refractivity contribution >= 4 is 6.09 Å². The molecule has 0 saturated carbocycles. The van der Waals surface area contributed by atoms with E-state index < -0.39 is 30.3 Å². The third-order valence-electron chi connectivity index (χ3n) is 2.47. The average Bonchev–Trinajstić information content (AvgIpc) is 2.25. The van der Waals surface area contributed by atoms with Crippen molar-refractivity contribution in [1.82, 2.24) is 4.90 Å². The first kappa shape index (κ1) is 15.1. The Morgan fingerprint density at radius 1 is 1.50 bits per heavy atom. The summed E-state index contributed by atoms with van der Waals surface area (Å²) in [7, 11) is 0. The highest BCUT2D eigenvalue weighted by Crippen LogP contribution is 2.16. The summed E-state index contributed by atoms with van der Waals surface area (Å²) >= 11 is 0. The number of rotatable bonds is 2. The molecule has 0 aromatic carbocycles. The van der Waals surface area contributed by atoms with E-state index in [4.69, 9.17) is 15.2 Å². The predicted octanol–water partition coefficient (Wildman–Crippen LogP) is 1.21. The van der Waals surface area contributed by atoms with Crippen molar-refractivity contribution in [2.75, 3.05) is 19.7 Å². The van der Waals surface area contributed by atoms with Gasteiger partial charge in [-0.2, -0.15) is 0 Å². The molecular weight excluding hydrogens is 246 g/mol. The zero-order valence-electron chi connectivity index (χ0n) is 10.9. The minimum absolute atomic E-state index is 0.0282. The average molecular weight is 266 g/mol. The standard InChI is InChI=1S/C11H20F2N2O3/c1-11(2,3)18-10(16)15-4-5-17-7(6-15)8(14)9(12)13/h7-9H,4-6,14H2,1-3H3. The van der Waals surface area contributed by atoms with E-state index in [0.717, 1.165) is 0 Å². The van der Waals surface area contributed by atoms with Crippen LogP contribution >= 0.6 is 0 Å². The van der Waals surface area contributed by atoms with Gasteiger partial charge in [0.15, 0.2) is 0 Å². The smallest absolute Gasteiger partial charge is 0.410 e. The van der Waals surface area contributed by atoms with Gasteiger partial charge in [0, 0.05) is 6.54 Å². The molecule has 1 amide bonds. The van der Waals surface area contributed by atoms with Crippen LogP contribution in [0.5, 0.6) is 0 Å². The molecule has 2 atom stereocenters. The highest BCUT2D eigenvalue weighted by Gasteiger charge is 2.34. The SMILES string of the molecule is CC(C)(C)OC(=O)N1CCOC(C(N)C(F)F)C1. The lowest BCUT2D eigenvalue weighted by molar-refractivity contribution is -0.0718. The number of hydrogen-bond acceptors (Lipinski definition) is 4. The summed E-state index contributed by atoms with van der Waals surface area (Å²) in [6.07, 6.45) is -4.06. The maximum absolute atomic E-state index is 12.5. The number of carbonyl (C=O) groups is 1. The molecule has 1 aliphatic rings. The number of amides is 1. The molecule has 1 fully saturated rings. The van der Waals surface area contributed by atoms with E-state index in [-0.39, 0.29) is 13.2 Å². The number of halogens is 2. The highest BCUT2D eigenvalue weighted by atomic mass is 19.3. The lowest BCUT2D eigenvalue weighted by atomic mass is 10.1. The zero-order chi connectivity index (χ0) is 13.9. The number of nitrogens with zero attached hydrogens (tertiary/aromatic N) is 1. The first-order chi connectivity index (χ1) is 8.20. The molecule has 1 heterocycles. The van der Waals surface area contributed by atoms with Crippen LogP contribution in [-0.4, -0.2) is 54.9 Å². The molecule has 1 saturated heterocycles. The molecule has 0 aliphatic carbocycles. The van der Waals surface area contributed by atoms with Crippen molar-refractivity contribution < 1.29 is 23.0 Å². The quantitative estimate of drug-likeness (QED) is 0.816. The second kappa shape index (κ2) is 5.79. The second-order valence-electron chi connectivity index (χ2n) is 5.25. The number of nitrogens with two attached hydrogens (primary N) is 1. The van der Waals surface area contributed by atoms with Gasteiger partial charge in [0.05, 0.1) is 25.3 Å². The highest BCUT2D eigenvalue weighted by molar-refractivity contribution is 5.68. The minimum atomic E-state index is -2.67. The fourth-order valence-corrected chi connectivity index (χ4v) is 1.56. The Kier molecular flexibility index (Phi) is 4.86. The number of ether oxygens (including phenoxy) is 2. The number of hydrogen-bond donors (Lipinski definition) is 1. The summed E-state index contributed by atoms with van der Waals surface area (Å²) in [5, 5.41) is 0. The Morgan fingerprint density at radius 3 is 2.61 bits per heavy atom. The van der Waals surface area contributed by atoms with Gasteiger partial charge in [-0.25, -0.2) is 13.6 Å². The summed E-state index contributed by atoms with van der Waals surface area (Å²) < 4.78 is 35.3. The largest absolute Gasteiger partial charge is 0.444 e. The molecule has 0 bridgehead atoms. The first-order valence-corrected chi connectivity index (χ1v) is 5.84. The van der Waals surface area contributed by atoms with E-state index in [1.54, 1.807) is 20.8 Å². The van der Waals surface area contributed by atoms with Crippen molar-refractivity contribution in [3.63, 3.8) is 0 Å². The monoisotopic (exact) mass is 266 g/mol. The molecule has 0 spiro atoms. The number of alkyl halides is 2. The second-order valence-corrected chi connectivity index (χ2v) is 5.25. The molecule has 2 N–H and O–H groups in total. The Bertz CT molecular complexity index is 295. The molecule has 0 aromatic rings. The van der Waals surface area contributed by atoms with E-state index in [1.165, 1.54) is 4.90 Å². The van der Waals surface area contributed by atoms with E-state index in [1.807, 2.05) is 0 Å². The number of morpholine rings is 1. The van der Waals surface area contributed by atoms with Crippen LogP contribution in [-0.2, 0) is 9.47 Å². The number of carbonyl (C=O) groups excluding carboxylic acids is 1. The van der Waals surface area contributed by atoms with Crippen LogP contribution in [0, 0.1) is 0 Å². The van der Waals surface area contributed by atoms with Gasteiger partial charge < -0.3 is 20.1 Å². The summed E-state index contributed by atoms with van der Waals surface area (Å²) in [5.41, 5.74) is 4.71. The van der Waals surface area contributed by atoms with Crippen LogP contribution in [0.3, 0.4) is 0 Å². The summed E-state index contributed by atoms with van der Waals surface area (Å²) in [4.78, 5) is 13.1. The van der Waals surface area contributed by atoms with Gasteiger partial charge >= 0.3 is 6.09 Å². The molecule has 2 unspecified atom stereocenters. The van der Waals surface area contributed by atoms with Gasteiger partial charge in [0.2, 0.25) is 0 Å². The molecule has 1 rings (SSSR count). The van der Waals surface area contributed by atoms with Crippen LogP contribution in [0.1, 0.15) is 20.8 Å². The zero-order valence-corrected chi connectivity index (χ0v) is 10.9. The van der Waals surface area contributed by atoms with Gasteiger partial charge in [-0.1, -0.05) is 0 Å². The van der Waals surface area contributed by atoms with E-state index in [0.29, 0.717) is 6.54 Å². The van der Waals surface area contributed by atoms with Crippen LogP contribution in [0.2, 0.25) is 0 Å². The molecule has 0 aromatic heterocycles. The van der Waals surface area contributed by atoms with Crippen LogP contribution in [0.15, 0.2) is 0 Å². The predicted molar refractivity (Wildman–Crippen MR) is 61.5 cm³/mol. The first-order valence-electron chi connectivity index (χ1n) is 5.84. The van der Waals surface area contributed by atoms with Gasteiger partial charge in [-0.3, -0.25) is 0 Å². The summed E-state index contributed by atoms with van der Waals surface area (Å²) in [6, 6.07) is -1.39. The van der Waals surface area contributed by atoms with Gasteiger partial charge in [-0.15, -0.1) is 0 Å². The summed E-state index contributed by atoms with van der Waals surface area (Å²) in [5.74, 6) is 0. The van der Waals surface area contributed by atoms with Crippen molar-refractivity contribution in [2.45, 2.75) is 44.9 Å². The fourth-order valence-electron chi connectivity index (χ4n) is 1.56. The van der Waals surface area contributed by atoms with Crippen LogP contribution < -0.4 is 5.73 Å². The van der Waals surface area contributed by atoms with Crippen molar-refractivity contribution in [1.29, 1.82) is 0 Å². The van der Waals surface area contributed by atoms with Gasteiger partial charge in [-0.05, 0) is 20.8 Å². The maximum Gasteiger partial charge on any atom is 0.410 e. The molecule has 0 radical (unpaired) electrons. The molecule has 7 heteroatoms. The lowest BCUT2D eigenvalue weighted by Crippen LogP contribution is -2.55. The molecule has 5 nitrogen and oxygen atoms in total. The molecule has 1 aliphatic heterocycles. The maximum atomic E-state index is 12.5. The fraction of sp³-hybridized carbons (Fsp3) is 0.909. The van der Waals surface area contributed by atoms with E-state index >= 15 is 0 Å². The normalized spacial score (nSPS) is 23.1. The van der Waals surface area contributed by atoms with Crippen LogP contribution in [0.4, 0.5) is 13.6 Å². The molecular formula is C11H20F2N2O3. The Morgan fingerprint density at radius 2 is 2.11 bits per heavy atom. The molecule has 18 heavy (non-hydrogen) atoms. The van der Waals surface area contributed by atoms with Crippen molar-refractivity contribution in [3.8, 4) is 0 Å². The van der Waals surface area contributed by atoms with E-state index in [9.17, 15) is 13.6 Å². The topological polar surface area (TPSA) is 64.8 Å². The minimum Gasteiger partial charge on any atom is -0.444 e. The Labute approximate surface area is 105 Å².